The fraction of sp³-hybridized carbons (Fsp3) is 0.242. The Morgan fingerprint density at radius 2 is 1.35 bits per heavy atom. The zero-order valence-corrected chi connectivity index (χ0v) is 22.7. The Labute approximate surface area is 232 Å². The first-order chi connectivity index (χ1) is 19.5. The number of carbonyl (C=O) groups excluding carboxylic acids is 2. The van der Waals surface area contributed by atoms with Gasteiger partial charge < -0.3 is 9.13 Å². The molecule has 0 atom stereocenters. The lowest BCUT2D eigenvalue weighted by Gasteiger charge is -2.33. The van der Waals surface area contributed by atoms with Gasteiger partial charge in [-0.25, -0.2) is 0 Å². The van der Waals surface area contributed by atoms with E-state index in [2.05, 4.69) is 38.8 Å². The Morgan fingerprint density at radius 1 is 0.750 bits per heavy atom. The third kappa shape index (κ3) is 3.88. The molecule has 200 valence electrons. The summed E-state index contributed by atoms with van der Waals surface area (Å²) >= 11 is 0. The zero-order chi connectivity index (χ0) is 27.4. The van der Waals surface area contributed by atoms with Crippen molar-refractivity contribution in [3.8, 4) is 0 Å². The lowest BCUT2D eigenvalue weighted by Crippen LogP contribution is -2.34. The number of likely N-dealkylation sites (N-methyl/N-ethyl adjacent to an activating group) is 1. The first-order valence-corrected chi connectivity index (χ1v) is 13.8. The van der Waals surface area contributed by atoms with Crippen molar-refractivity contribution in [3.63, 3.8) is 0 Å². The standard InChI is InChI=1S/C33H31N5O2/c1-35-20-26(24-10-3-5-12-28(24)35)30-31(33(40)36(2)32(30)39)27-21-38(29-13-6-4-11-25(27)29)23-14-17-37(18-15-23)19-22-9-7-8-16-34-22/h3-13,16,20-21,23H,14-15,17-19H2,1-2H3. The van der Waals surface area contributed by atoms with Crippen LogP contribution < -0.4 is 0 Å². The van der Waals surface area contributed by atoms with Crippen molar-refractivity contribution in [1.82, 2.24) is 23.9 Å². The molecule has 0 bridgehead atoms. The highest BCUT2D eigenvalue weighted by Crippen LogP contribution is 2.42. The van der Waals surface area contributed by atoms with Crippen LogP contribution in [0.2, 0.25) is 0 Å². The molecule has 5 aromatic rings. The number of rotatable bonds is 5. The normalized spacial score (nSPS) is 17.2. The van der Waals surface area contributed by atoms with Crippen LogP contribution >= 0.6 is 0 Å². The van der Waals surface area contributed by atoms with Crippen LogP contribution in [0.15, 0.2) is 85.3 Å². The van der Waals surface area contributed by atoms with Gasteiger partial charge in [0.25, 0.3) is 11.8 Å². The van der Waals surface area contributed by atoms with E-state index in [9.17, 15) is 9.59 Å². The monoisotopic (exact) mass is 529 g/mol. The van der Waals surface area contributed by atoms with Gasteiger partial charge >= 0.3 is 0 Å². The van der Waals surface area contributed by atoms with Gasteiger partial charge in [0, 0.05) is 91.3 Å². The van der Waals surface area contributed by atoms with Gasteiger partial charge in [-0.2, -0.15) is 0 Å². The van der Waals surface area contributed by atoms with Gasteiger partial charge in [0.15, 0.2) is 0 Å². The Morgan fingerprint density at radius 3 is 2.02 bits per heavy atom. The van der Waals surface area contributed by atoms with E-state index in [4.69, 9.17) is 0 Å². The summed E-state index contributed by atoms with van der Waals surface area (Å²) in [5, 5.41) is 1.97. The molecular weight excluding hydrogens is 498 g/mol. The maximum absolute atomic E-state index is 13.7. The molecule has 1 fully saturated rings. The number of benzene rings is 2. The third-order valence-electron chi connectivity index (χ3n) is 8.53. The molecule has 0 saturated carbocycles. The van der Waals surface area contributed by atoms with Gasteiger partial charge in [-0.05, 0) is 37.1 Å². The van der Waals surface area contributed by atoms with Crippen molar-refractivity contribution in [3.05, 3.63) is 102 Å². The number of imide groups is 1. The van der Waals surface area contributed by atoms with Crippen molar-refractivity contribution in [1.29, 1.82) is 0 Å². The quantitative estimate of drug-likeness (QED) is 0.291. The molecule has 0 N–H and O–H groups in total. The van der Waals surface area contributed by atoms with Crippen LogP contribution in [0.4, 0.5) is 0 Å². The number of carbonyl (C=O) groups is 2. The maximum atomic E-state index is 13.7. The second-order valence-electron chi connectivity index (χ2n) is 10.9. The second-order valence-corrected chi connectivity index (χ2v) is 10.9. The summed E-state index contributed by atoms with van der Waals surface area (Å²) in [5.74, 6) is -0.503. The van der Waals surface area contributed by atoms with Crippen molar-refractivity contribution >= 4 is 44.8 Å². The zero-order valence-electron chi connectivity index (χ0n) is 22.7. The molecule has 0 spiro atoms. The molecule has 2 aliphatic rings. The topological polar surface area (TPSA) is 63.4 Å². The molecule has 40 heavy (non-hydrogen) atoms. The SMILES string of the molecule is CN1C(=O)C(c2cn(C)c3ccccc23)=C(c2cn(C3CCN(Cc4ccccn4)CC3)c3ccccc23)C1=O. The fourth-order valence-corrected chi connectivity index (χ4v) is 6.46. The molecule has 7 heteroatoms. The smallest absolute Gasteiger partial charge is 0.261 e. The number of hydrogen-bond donors (Lipinski definition) is 0. The number of piperidine rings is 1. The Bertz CT molecular complexity index is 1800. The number of likely N-dealkylation sites (tertiary alicyclic amines) is 1. The van der Waals surface area contributed by atoms with Crippen LogP contribution in [0.25, 0.3) is 33.0 Å². The largest absolute Gasteiger partial charge is 0.350 e. The molecule has 0 aliphatic carbocycles. The van der Waals surface area contributed by atoms with E-state index in [0.29, 0.717) is 17.2 Å². The van der Waals surface area contributed by atoms with E-state index in [1.165, 1.54) is 4.90 Å². The number of aryl methyl sites for hydroxylation is 1. The summed E-state index contributed by atoms with van der Waals surface area (Å²) in [6.45, 7) is 2.82. The van der Waals surface area contributed by atoms with Gasteiger partial charge in [0.05, 0.1) is 16.8 Å². The molecule has 7 nitrogen and oxygen atoms in total. The first kappa shape index (κ1) is 24.5. The van der Waals surface area contributed by atoms with Crippen LogP contribution in [0.1, 0.15) is 35.7 Å². The lowest BCUT2D eigenvalue weighted by molar-refractivity contribution is -0.134. The van der Waals surface area contributed by atoms with Crippen LogP contribution in [0.5, 0.6) is 0 Å². The second kappa shape index (κ2) is 9.61. The minimum Gasteiger partial charge on any atom is -0.350 e. The lowest BCUT2D eigenvalue weighted by atomic mass is 9.95. The maximum Gasteiger partial charge on any atom is 0.261 e. The van der Waals surface area contributed by atoms with Gasteiger partial charge in [-0.3, -0.25) is 24.4 Å². The molecule has 0 radical (unpaired) electrons. The number of para-hydroxylation sites is 2. The van der Waals surface area contributed by atoms with Crippen molar-refractivity contribution < 1.29 is 9.59 Å². The number of amides is 2. The number of fused-ring (bicyclic) bond motifs is 2. The fourth-order valence-electron chi connectivity index (χ4n) is 6.46. The number of hydrogen-bond acceptors (Lipinski definition) is 4. The number of nitrogens with zero attached hydrogens (tertiary/aromatic N) is 5. The summed E-state index contributed by atoms with van der Waals surface area (Å²) in [7, 11) is 3.56. The highest BCUT2D eigenvalue weighted by atomic mass is 16.2. The minimum atomic E-state index is -0.254. The predicted molar refractivity (Wildman–Crippen MR) is 157 cm³/mol. The van der Waals surface area contributed by atoms with Gasteiger partial charge in [-0.15, -0.1) is 0 Å². The highest BCUT2D eigenvalue weighted by molar-refractivity contribution is 6.50. The molecule has 2 amide bonds. The average Bonchev–Trinajstić information content (AvgIpc) is 3.60. The molecule has 5 heterocycles. The van der Waals surface area contributed by atoms with E-state index in [1.807, 2.05) is 72.5 Å². The van der Waals surface area contributed by atoms with E-state index in [1.54, 1.807) is 7.05 Å². The predicted octanol–water partition coefficient (Wildman–Crippen LogP) is 5.27. The average molecular weight is 530 g/mol. The van der Waals surface area contributed by atoms with Crippen molar-refractivity contribution in [2.24, 2.45) is 7.05 Å². The number of aromatic nitrogens is 3. The Kier molecular flexibility index (Phi) is 5.90. The summed E-state index contributed by atoms with van der Waals surface area (Å²) in [6.07, 6.45) is 7.96. The van der Waals surface area contributed by atoms with Crippen molar-refractivity contribution in [2.75, 3.05) is 20.1 Å². The number of pyridine rings is 1. The van der Waals surface area contributed by atoms with E-state index >= 15 is 0 Å². The summed E-state index contributed by atoms with van der Waals surface area (Å²) in [5.41, 5.74) is 5.83. The van der Waals surface area contributed by atoms with Crippen LogP contribution in [0.3, 0.4) is 0 Å². The molecule has 3 aromatic heterocycles. The molecule has 0 unspecified atom stereocenters. The molecule has 1 saturated heterocycles. The third-order valence-corrected chi connectivity index (χ3v) is 8.53. The Hall–Kier alpha value is -4.49. The highest BCUT2D eigenvalue weighted by Gasteiger charge is 2.40. The van der Waals surface area contributed by atoms with Gasteiger partial charge in [0.2, 0.25) is 0 Å². The summed E-state index contributed by atoms with van der Waals surface area (Å²) in [6, 6.07) is 22.7. The van der Waals surface area contributed by atoms with E-state index < -0.39 is 0 Å². The van der Waals surface area contributed by atoms with Crippen molar-refractivity contribution in [2.45, 2.75) is 25.4 Å². The van der Waals surface area contributed by atoms with Crippen LogP contribution in [-0.4, -0.2) is 55.9 Å². The summed E-state index contributed by atoms with van der Waals surface area (Å²) in [4.78, 5) is 35.5. The van der Waals surface area contributed by atoms with Gasteiger partial charge in [-0.1, -0.05) is 42.5 Å². The molecular formula is C33H31N5O2. The van der Waals surface area contributed by atoms with E-state index in [-0.39, 0.29) is 11.8 Å². The molecule has 7 rings (SSSR count). The van der Waals surface area contributed by atoms with Crippen LogP contribution in [0, 0.1) is 0 Å². The minimum absolute atomic E-state index is 0.249. The van der Waals surface area contributed by atoms with Gasteiger partial charge in [0.1, 0.15) is 0 Å². The summed E-state index contributed by atoms with van der Waals surface area (Å²) < 4.78 is 4.36. The molecule has 2 aliphatic heterocycles. The Balaban J connectivity index is 1.30. The first-order valence-electron chi connectivity index (χ1n) is 13.8. The van der Waals surface area contributed by atoms with Crippen LogP contribution in [-0.2, 0) is 23.2 Å². The molecule has 2 aromatic carbocycles. The van der Waals surface area contributed by atoms with E-state index in [0.717, 1.165) is 71.1 Å².